The lowest BCUT2D eigenvalue weighted by Crippen LogP contribution is -2.51. The minimum absolute atomic E-state index is 0.0138. The number of fused-ring (bicyclic) bond motifs is 1. The summed E-state index contributed by atoms with van der Waals surface area (Å²) in [5.74, 6) is 0.128. The fraction of sp³-hybridized carbons (Fsp3) is 0.611. The molecule has 9 heteroatoms. The van der Waals surface area contributed by atoms with Crippen LogP contribution in [0.1, 0.15) is 6.42 Å². The second kappa shape index (κ2) is 8.45. The summed E-state index contributed by atoms with van der Waals surface area (Å²) < 4.78 is 31.2. The number of nitrogens with one attached hydrogen (secondary N) is 1. The largest absolute Gasteiger partial charge is 0.476 e. The van der Waals surface area contributed by atoms with E-state index in [4.69, 9.17) is 4.74 Å². The van der Waals surface area contributed by atoms with Gasteiger partial charge in [0.15, 0.2) is 6.10 Å². The highest BCUT2D eigenvalue weighted by Gasteiger charge is 2.34. The fourth-order valence-corrected chi connectivity index (χ4v) is 4.27. The van der Waals surface area contributed by atoms with Crippen molar-refractivity contribution in [2.75, 3.05) is 63.4 Å². The Balaban J connectivity index is 1.51. The van der Waals surface area contributed by atoms with Gasteiger partial charge in [0, 0.05) is 32.7 Å². The smallest absolute Gasteiger partial charge is 0.263 e. The van der Waals surface area contributed by atoms with Gasteiger partial charge in [0.1, 0.15) is 5.75 Å². The van der Waals surface area contributed by atoms with Gasteiger partial charge >= 0.3 is 0 Å². The molecule has 0 aliphatic carbocycles. The number of para-hydroxylation sites is 2. The van der Waals surface area contributed by atoms with E-state index >= 15 is 0 Å². The Bertz CT molecular complexity index is 762. The van der Waals surface area contributed by atoms with E-state index in [9.17, 15) is 13.2 Å². The molecule has 2 aliphatic rings. The first-order valence-corrected chi connectivity index (χ1v) is 11.1. The molecule has 1 aromatic carbocycles. The topological polar surface area (TPSA) is 82.2 Å². The van der Waals surface area contributed by atoms with Gasteiger partial charge in [-0.3, -0.25) is 9.10 Å². The molecule has 0 saturated carbocycles. The predicted octanol–water partition coefficient (Wildman–Crippen LogP) is -0.0327. The van der Waals surface area contributed by atoms with Crippen LogP contribution in [0.3, 0.4) is 0 Å². The van der Waals surface area contributed by atoms with E-state index in [2.05, 4.69) is 22.2 Å². The van der Waals surface area contributed by atoms with Gasteiger partial charge in [0.2, 0.25) is 10.0 Å². The van der Waals surface area contributed by atoms with Gasteiger partial charge in [-0.2, -0.15) is 0 Å². The molecule has 1 aromatic rings. The van der Waals surface area contributed by atoms with Crippen molar-refractivity contribution >= 4 is 21.6 Å². The number of rotatable bonds is 6. The van der Waals surface area contributed by atoms with Crippen LogP contribution in [0.15, 0.2) is 24.3 Å². The summed E-state index contributed by atoms with van der Waals surface area (Å²) in [5.41, 5.74) is 0.471. The van der Waals surface area contributed by atoms with Gasteiger partial charge in [-0.25, -0.2) is 8.42 Å². The predicted molar refractivity (Wildman–Crippen MR) is 105 cm³/mol. The first-order chi connectivity index (χ1) is 12.8. The highest BCUT2D eigenvalue weighted by molar-refractivity contribution is 7.92. The molecule has 0 radical (unpaired) electrons. The molecule has 0 aromatic heterocycles. The molecular formula is C18H28N4O4S. The van der Waals surface area contributed by atoms with Gasteiger partial charge in [-0.15, -0.1) is 0 Å². The molecule has 0 bridgehead atoms. The summed E-state index contributed by atoms with van der Waals surface area (Å²) in [4.78, 5) is 17.2. The molecule has 0 unspecified atom stereocenters. The zero-order valence-corrected chi connectivity index (χ0v) is 16.7. The van der Waals surface area contributed by atoms with E-state index < -0.39 is 16.1 Å². The number of piperazine rings is 1. The zero-order valence-electron chi connectivity index (χ0n) is 15.9. The zero-order chi connectivity index (χ0) is 19.4. The van der Waals surface area contributed by atoms with Crippen LogP contribution >= 0.6 is 0 Å². The van der Waals surface area contributed by atoms with Crippen molar-refractivity contribution in [1.82, 2.24) is 15.1 Å². The molecular weight excluding hydrogens is 368 g/mol. The summed E-state index contributed by atoms with van der Waals surface area (Å²) in [7, 11) is -1.36. The van der Waals surface area contributed by atoms with Crippen LogP contribution < -0.4 is 14.4 Å². The average Bonchev–Trinajstić information content (AvgIpc) is 2.64. The van der Waals surface area contributed by atoms with Crippen molar-refractivity contribution in [3.63, 3.8) is 0 Å². The maximum atomic E-state index is 12.5. The van der Waals surface area contributed by atoms with Crippen molar-refractivity contribution in [1.29, 1.82) is 0 Å². The van der Waals surface area contributed by atoms with Crippen molar-refractivity contribution in [2.24, 2.45) is 0 Å². The van der Waals surface area contributed by atoms with E-state index in [1.165, 1.54) is 4.31 Å². The number of amides is 1. The lowest BCUT2D eigenvalue weighted by molar-refractivity contribution is -0.127. The molecule has 27 heavy (non-hydrogen) atoms. The number of hydrogen-bond acceptors (Lipinski definition) is 6. The second-order valence-electron chi connectivity index (χ2n) is 7.16. The quantitative estimate of drug-likeness (QED) is 0.680. The molecule has 150 valence electrons. The third-order valence-electron chi connectivity index (χ3n) is 4.97. The Labute approximate surface area is 161 Å². The molecule has 1 saturated heterocycles. The first-order valence-electron chi connectivity index (χ1n) is 9.26. The number of carbonyl (C=O) groups excluding carboxylic acids is 1. The Morgan fingerprint density at radius 3 is 2.63 bits per heavy atom. The molecule has 1 atom stereocenters. The van der Waals surface area contributed by atoms with Crippen LogP contribution in [0.2, 0.25) is 0 Å². The van der Waals surface area contributed by atoms with E-state index in [0.717, 1.165) is 45.4 Å². The second-order valence-corrected chi connectivity index (χ2v) is 9.06. The number of likely N-dealkylation sites (N-methyl/N-ethyl adjacent to an activating group) is 1. The van der Waals surface area contributed by atoms with Crippen LogP contribution in [0.5, 0.6) is 5.75 Å². The summed E-state index contributed by atoms with van der Waals surface area (Å²) in [5, 5.41) is 2.88. The fourth-order valence-electron chi connectivity index (χ4n) is 3.35. The van der Waals surface area contributed by atoms with Gasteiger partial charge in [0.05, 0.1) is 18.5 Å². The van der Waals surface area contributed by atoms with E-state index in [-0.39, 0.29) is 12.5 Å². The number of anilines is 1. The van der Waals surface area contributed by atoms with Gasteiger partial charge < -0.3 is 19.9 Å². The number of benzene rings is 1. The van der Waals surface area contributed by atoms with Crippen molar-refractivity contribution in [3.8, 4) is 5.75 Å². The third-order valence-corrected chi connectivity index (χ3v) is 6.12. The molecule has 0 spiro atoms. The van der Waals surface area contributed by atoms with E-state index in [1.807, 2.05) is 0 Å². The molecule has 1 amide bonds. The number of ether oxygens (including phenoxy) is 1. The van der Waals surface area contributed by atoms with E-state index in [1.54, 1.807) is 24.3 Å². The third kappa shape index (κ3) is 5.12. The maximum Gasteiger partial charge on any atom is 0.263 e. The number of hydrogen-bond donors (Lipinski definition) is 1. The lowest BCUT2D eigenvalue weighted by Gasteiger charge is -2.34. The van der Waals surface area contributed by atoms with Crippen LogP contribution in [0.25, 0.3) is 0 Å². The number of sulfonamides is 1. The summed E-state index contributed by atoms with van der Waals surface area (Å²) in [6, 6.07) is 6.87. The van der Waals surface area contributed by atoms with Crippen molar-refractivity contribution in [3.05, 3.63) is 24.3 Å². The van der Waals surface area contributed by atoms with Crippen molar-refractivity contribution in [2.45, 2.75) is 12.5 Å². The molecule has 1 fully saturated rings. The monoisotopic (exact) mass is 396 g/mol. The Kier molecular flexibility index (Phi) is 6.23. The van der Waals surface area contributed by atoms with Gasteiger partial charge in [-0.1, -0.05) is 12.1 Å². The molecule has 8 nitrogen and oxygen atoms in total. The molecule has 1 N–H and O–H groups in total. The molecule has 2 aliphatic heterocycles. The average molecular weight is 397 g/mol. The molecule has 3 rings (SSSR count). The summed E-state index contributed by atoms with van der Waals surface area (Å²) in [6.45, 7) is 5.72. The SMILES string of the molecule is CN1CCN(CCCNC(=O)[C@@H]2CN(S(C)(=O)=O)c3ccccc3O2)CC1. The van der Waals surface area contributed by atoms with Crippen molar-refractivity contribution < 1.29 is 17.9 Å². The van der Waals surface area contributed by atoms with Crippen LogP contribution in [-0.4, -0.2) is 89.3 Å². The summed E-state index contributed by atoms with van der Waals surface area (Å²) >= 11 is 0. The van der Waals surface area contributed by atoms with Gasteiger partial charge in [-0.05, 0) is 32.1 Å². The normalized spacial score (nSPS) is 21.4. The standard InChI is InChI=1S/C18H28N4O4S/c1-20-10-12-21(13-11-20)9-5-8-19-18(23)17-14-22(27(2,24)25)15-6-3-4-7-16(15)26-17/h3-4,6-7,17H,5,8-14H2,1-2H3,(H,19,23)/t17-/m0/s1. The highest BCUT2D eigenvalue weighted by atomic mass is 32.2. The Hall–Kier alpha value is -1.84. The van der Waals surface area contributed by atoms with Crippen LogP contribution in [0.4, 0.5) is 5.69 Å². The minimum atomic E-state index is -3.49. The molecule has 2 heterocycles. The Morgan fingerprint density at radius 1 is 1.22 bits per heavy atom. The minimum Gasteiger partial charge on any atom is -0.476 e. The lowest BCUT2D eigenvalue weighted by atomic mass is 10.2. The Morgan fingerprint density at radius 2 is 1.93 bits per heavy atom. The highest BCUT2D eigenvalue weighted by Crippen LogP contribution is 2.34. The van der Waals surface area contributed by atoms with Crippen LogP contribution in [0, 0.1) is 0 Å². The first kappa shape index (κ1) is 19.9. The maximum absolute atomic E-state index is 12.5. The number of carbonyl (C=O) groups is 1. The van der Waals surface area contributed by atoms with Crippen LogP contribution in [-0.2, 0) is 14.8 Å². The summed E-state index contributed by atoms with van der Waals surface area (Å²) in [6.07, 6.45) is 1.15. The van der Waals surface area contributed by atoms with E-state index in [0.29, 0.717) is 18.0 Å². The van der Waals surface area contributed by atoms with Gasteiger partial charge in [0.25, 0.3) is 5.91 Å². The number of nitrogens with zero attached hydrogens (tertiary/aromatic N) is 3.